The molecule has 0 radical (unpaired) electrons. The number of hydrogen-bond donors (Lipinski definition) is 1. The number of urea groups is 1. The predicted molar refractivity (Wildman–Crippen MR) is 94.1 cm³/mol. The standard InChI is InChI=1S/C19H20F5N3O3/c20-18(21)10-27(8-14-16(18)30-9-15(28)25-14)17(29)26-6-13(7-26)12-3-1-11(2-4-12)5-19(22,23)24/h1-4,13-14,16H,5-10H2,(H,25,28). The van der Waals surface area contributed by atoms with Crippen LogP contribution >= 0.6 is 0 Å². The second-order valence-corrected chi connectivity index (χ2v) is 7.97. The number of halogens is 5. The average Bonchev–Trinajstić information content (AvgIpc) is 2.59. The monoisotopic (exact) mass is 433 g/mol. The van der Waals surface area contributed by atoms with Crippen molar-refractivity contribution in [3.63, 3.8) is 0 Å². The van der Waals surface area contributed by atoms with Crippen molar-refractivity contribution < 1.29 is 36.3 Å². The molecule has 3 aliphatic heterocycles. The van der Waals surface area contributed by atoms with Crippen LogP contribution in [0, 0.1) is 0 Å². The van der Waals surface area contributed by atoms with Crippen molar-refractivity contribution in [1.82, 2.24) is 15.1 Å². The van der Waals surface area contributed by atoms with E-state index in [0.29, 0.717) is 0 Å². The van der Waals surface area contributed by atoms with Gasteiger partial charge in [0.1, 0.15) is 12.7 Å². The molecule has 30 heavy (non-hydrogen) atoms. The van der Waals surface area contributed by atoms with Gasteiger partial charge < -0.3 is 19.9 Å². The zero-order valence-corrected chi connectivity index (χ0v) is 15.8. The number of benzene rings is 1. The molecule has 3 fully saturated rings. The Morgan fingerprint density at radius 3 is 2.43 bits per heavy atom. The van der Waals surface area contributed by atoms with Crippen molar-refractivity contribution in [2.45, 2.75) is 36.6 Å². The zero-order chi connectivity index (χ0) is 21.7. The molecular formula is C19H20F5N3O3. The number of nitrogens with one attached hydrogen (secondary N) is 1. The van der Waals surface area contributed by atoms with Gasteiger partial charge in [0.25, 0.3) is 5.92 Å². The molecule has 0 aromatic heterocycles. The molecule has 0 aliphatic carbocycles. The first-order valence-corrected chi connectivity index (χ1v) is 9.50. The van der Waals surface area contributed by atoms with E-state index in [2.05, 4.69) is 5.32 Å². The number of carbonyl (C=O) groups excluding carboxylic acids is 2. The Balaban J connectivity index is 1.34. The number of carbonyl (C=O) groups is 2. The molecular weight excluding hydrogens is 413 g/mol. The van der Waals surface area contributed by atoms with E-state index >= 15 is 0 Å². The van der Waals surface area contributed by atoms with Crippen molar-refractivity contribution in [1.29, 1.82) is 0 Å². The molecule has 3 aliphatic rings. The number of nitrogens with zero attached hydrogens (tertiary/aromatic N) is 2. The number of amides is 3. The van der Waals surface area contributed by atoms with Crippen molar-refractivity contribution in [3.8, 4) is 0 Å². The van der Waals surface area contributed by atoms with Crippen LogP contribution < -0.4 is 5.32 Å². The van der Waals surface area contributed by atoms with Gasteiger partial charge in [-0.1, -0.05) is 24.3 Å². The molecule has 3 saturated heterocycles. The van der Waals surface area contributed by atoms with Gasteiger partial charge in [0.05, 0.1) is 19.0 Å². The molecule has 164 valence electrons. The molecule has 3 amide bonds. The summed E-state index contributed by atoms with van der Waals surface area (Å²) in [7, 11) is 0. The summed E-state index contributed by atoms with van der Waals surface area (Å²) in [5, 5.41) is 2.45. The van der Waals surface area contributed by atoms with Gasteiger partial charge >= 0.3 is 12.2 Å². The molecule has 0 saturated carbocycles. The molecule has 3 heterocycles. The number of likely N-dealkylation sites (tertiary alicyclic amines) is 2. The van der Waals surface area contributed by atoms with Crippen LogP contribution in [0.3, 0.4) is 0 Å². The second-order valence-electron chi connectivity index (χ2n) is 7.97. The van der Waals surface area contributed by atoms with Crippen molar-refractivity contribution in [2.24, 2.45) is 0 Å². The van der Waals surface area contributed by atoms with Crippen molar-refractivity contribution in [2.75, 3.05) is 32.8 Å². The highest BCUT2D eigenvalue weighted by atomic mass is 19.4. The average molecular weight is 433 g/mol. The summed E-state index contributed by atoms with van der Waals surface area (Å²) >= 11 is 0. The number of ether oxygens (including phenoxy) is 1. The molecule has 0 bridgehead atoms. The van der Waals surface area contributed by atoms with E-state index in [-0.39, 0.29) is 31.1 Å². The zero-order valence-electron chi connectivity index (χ0n) is 15.8. The van der Waals surface area contributed by atoms with Gasteiger partial charge in [-0.25, -0.2) is 13.6 Å². The Kier molecular flexibility index (Phi) is 5.11. The Morgan fingerprint density at radius 2 is 1.80 bits per heavy atom. The molecule has 1 N–H and O–H groups in total. The lowest BCUT2D eigenvalue weighted by molar-refractivity contribution is -0.195. The first-order valence-electron chi connectivity index (χ1n) is 9.50. The minimum atomic E-state index is -4.28. The van der Waals surface area contributed by atoms with Crippen LogP contribution in [-0.2, 0) is 16.0 Å². The lowest BCUT2D eigenvalue weighted by Gasteiger charge is -2.48. The highest BCUT2D eigenvalue weighted by Gasteiger charge is 2.55. The molecule has 2 unspecified atom stereocenters. The van der Waals surface area contributed by atoms with E-state index < -0.39 is 55.8 Å². The van der Waals surface area contributed by atoms with E-state index in [1.54, 1.807) is 12.1 Å². The predicted octanol–water partition coefficient (Wildman–Crippen LogP) is 2.15. The number of alkyl halides is 5. The number of piperidine rings is 1. The highest BCUT2D eigenvalue weighted by Crippen LogP contribution is 2.34. The number of rotatable bonds is 2. The van der Waals surface area contributed by atoms with Crippen LogP contribution in [0.5, 0.6) is 0 Å². The minimum absolute atomic E-state index is 0.0651. The fourth-order valence-corrected chi connectivity index (χ4v) is 4.14. The largest absolute Gasteiger partial charge is 0.393 e. The third kappa shape index (κ3) is 4.21. The first kappa shape index (κ1) is 20.8. The Labute approximate surface area is 168 Å². The Hall–Kier alpha value is -2.43. The maximum atomic E-state index is 14.4. The molecule has 1 aromatic rings. The van der Waals surface area contributed by atoms with E-state index in [1.165, 1.54) is 17.0 Å². The van der Waals surface area contributed by atoms with Crippen molar-refractivity contribution >= 4 is 11.9 Å². The van der Waals surface area contributed by atoms with E-state index in [0.717, 1.165) is 10.5 Å². The van der Waals surface area contributed by atoms with E-state index in [1.807, 2.05) is 0 Å². The fourth-order valence-electron chi connectivity index (χ4n) is 4.14. The van der Waals surface area contributed by atoms with Crippen LogP contribution in [-0.4, -0.2) is 78.8 Å². The van der Waals surface area contributed by atoms with E-state index in [4.69, 9.17) is 4.74 Å². The summed E-state index contributed by atoms with van der Waals surface area (Å²) in [6.07, 6.45) is -6.74. The third-order valence-corrected chi connectivity index (χ3v) is 5.62. The van der Waals surface area contributed by atoms with Gasteiger partial charge in [0.2, 0.25) is 5.91 Å². The lowest BCUT2D eigenvalue weighted by Crippen LogP contribution is -2.70. The Bertz CT molecular complexity index is 824. The SMILES string of the molecule is O=C1COC2C(CN(C(=O)N3CC(c4ccc(CC(F)(F)F)cc4)C3)CC2(F)F)N1. The van der Waals surface area contributed by atoms with Crippen LogP contribution in [0.2, 0.25) is 0 Å². The van der Waals surface area contributed by atoms with E-state index in [9.17, 15) is 31.5 Å². The molecule has 6 nitrogen and oxygen atoms in total. The smallest absolute Gasteiger partial charge is 0.360 e. The highest BCUT2D eigenvalue weighted by molar-refractivity contribution is 5.79. The molecule has 11 heteroatoms. The van der Waals surface area contributed by atoms with Gasteiger partial charge in [0, 0.05) is 25.6 Å². The summed E-state index contributed by atoms with van der Waals surface area (Å²) in [6, 6.07) is 4.48. The molecule has 4 rings (SSSR count). The second kappa shape index (κ2) is 7.36. The Morgan fingerprint density at radius 1 is 1.13 bits per heavy atom. The molecule has 2 atom stereocenters. The maximum Gasteiger partial charge on any atom is 0.393 e. The maximum absolute atomic E-state index is 14.4. The first-order chi connectivity index (χ1) is 14.0. The van der Waals surface area contributed by atoms with Crippen LogP contribution in [0.1, 0.15) is 17.0 Å². The van der Waals surface area contributed by atoms with Crippen LogP contribution in [0.4, 0.5) is 26.7 Å². The third-order valence-electron chi connectivity index (χ3n) is 5.62. The van der Waals surface area contributed by atoms with Gasteiger partial charge in [-0.15, -0.1) is 0 Å². The van der Waals surface area contributed by atoms with Crippen LogP contribution in [0.25, 0.3) is 0 Å². The lowest BCUT2D eigenvalue weighted by atomic mass is 9.90. The number of fused-ring (bicyclic) bond motifs is 1. The van der Waals surface area contributed by atoms with Crippen molar-refractivity contribution in [3.05, 3.63) is 35.4 Å². The van der Waals surface area contributed by atoms with Gasteiger partial charge in [-0.3, -0.25) is 4.79 Å². The van der Waals surface area contributed by atoms with Gasteiger partial charge in [0.15, 0.2) is 0 Å². The summed E-state index contributed by atoms with van der Waals surface area (Å²) in [6.45, 7) is -0.721. The quantitative estimate of drug-likeness (QED) is 0.728. The molecule has 0 spiro atoms. The normalized spacial score (nSPS) is 26.6. The van der Waals surface area contributed by atoms with Crippen LogP contribution in [0.15, 0.2) is 24.3 Å². The number of morpholine rings is 1. The minimum Gasteiger partial charge on any atom is -0.360 e. The number of hydrogen-bond acceptors (Lipinski definition) is 3. The summed E-state index contributed by atoms with van der Waals surface area (Å²) in [5.41, 5.74) is 0.947. The molecule has 1 aromatic carbocycles. The summed E-state index contributed by atoms with van der Waals surface area (Å²) in [4.78, 5) is 26.5. The topological polar surface area (TPSA) is 61.9 Å². The van der Waals surface area contributed by atoms with Gasteiger partial charge in [-0.05, 0) is 11.1 Å². The fraction of sp³-hybridized carbons (Fsp3) is 0.579. The van der Waals surface area contributed by atoms with Gasteiger partial charge in [-0.2, -0.15) is 13.2 Å². The summed E-state index contributed by atoms with van der Waals surface area (Å²) in [5.74, 6) is -3.85. The summed E-state index contributed by atoms with van der Waals surface area (Å²) < 4.78 is 71.1.